The Hall–Kier alpha value is -2.33. The second-order valence-electron chi connectivity index (χ2n) is 8.55. The van der Waals surface area contributed by atoms with Crippen LogP contribution in [0.15, 0.2) is 48.5 Å². The molecule has 4 heteroatoms. The molecule has 0 saturated heterocycles. The maximum Gasteiger partial charge on any atom is 0.409 e. The molecule has 1 amide bonds. The van der Waals surface area contributed by atoms with Gasteiger partial charge < -0.3 is 15.4 Å². The van der Waals surface area contributed by atoms with E-state index in [0.717, 1.165) is 19.4 Å². The molecule has 1 aliphatic rings. The quantitative estimate of drug-likeness (QED) is 0.383. The highest BCUT2D eigenvalue weighted by molar-refractivity contribution is 5.79. The van der Waals surface area contributed by atoms with Gasteiger partial charge in [0, 0.05) is 25.6 Å². The number of carbonyl (C=O) groups excluding carboxylic acids is 1. The van der Waals surface area contributed by atoms with Crippen molar-refractivity contribution >= 4 is 6.09 Å². The third kappa shape index (κ3) is 6.33. The first-order valence-corrected chi connectivity index (χ1v) is 12.1. The molecule has 2 N–H and O–H groups in total. The minimum Gasteiger partial charge on any atom is -0.448 e. The highest BCUT2D eigenvalue weighted by atomic mass is 16.6. The average molecular weight is 423 g/mol. The van der Waals surface area contributed by atoms with Crippen LogP contribution < -0.4 is 5.73 Å². The fourth-order valence-corrected chi connectivity index (χ4v) is 4.57. The number of hydrogen-bond acceptors (Lipinski definition) is 3. The molecule has 168 valence electrons. The van der Waals surface area contributed by atoms with Gasteiger partial charge in [-0.25, -0.2) is 4.79 Å². The summed E-state index contributed by atoms with van der Waals surface area (Å²) >= 11 is 0. The Balaban J connectivity index is 1.49. The second kappa shape index (κ2) is 12.5. The van der Waals surface area contributed by atoms with Gasteiger partial charge in [0.05, 0.1) is 0 Å². The van der Waals surface area contributed by atoms with Gasteiger partial charge in [0.25, 0.3) is 0 Å². The lowest BCUT2D eigenvalue weighted by atomic mass is 9.98. The van der Waals surface area contributed by atoms with E-state index in [1.807, 2.05) is 0 Å². The summed E-state index contributed by atoms with van der Waals surface area (Å²) in [6, 6.07) is 16.8. The second-order valence-corrected chi connectivity index (χ2v) is 8.55. The molecule has 0 fully saturated rings. The number of ether oxygens (including phenoxy) is 1. The lowest BCUT2D eigenvalue weighted by Crippen LogP contribution is -2.37. The molecule has 2 aromatic carbocycles. The van der Waals surface area contributed by atoms with Crippen LogP contribution in [0.3, 0.4) is 0 Å². The molecule has 2 aromatic rings. The molecule has 0 unspecified atom stereocenters. The zero-order chi connectivity index (χ0) is 21.9. The van der Waals surface area contributed by atoms with Gasteiger partial charge in [-0.05, 0) is 28.7 Å². The minimum absolute atomic E-state index is 0.0965. The molecule has 0 saturated carbocycles. The first-order valence-electron chi connectivity index (χ1n) is 12.1. The maximum atomic E-state index is 12.8. The monoisotopic (exact) mass is 422 g/mol. The number of rotatable bonds is 13. The van der Waals surface area contributed by atoms with Crippen molar-refractivity contribution in [3.8, 4) is 11.1 Å². The van der Waals surface area contributed by atoms with E-state index in [2.05, 4.69) is 55.5 Å². The molecular weight excluding hydrogens is 384 g/mol. The average Bonchev–Trinajstić information content (AvgIpc) is 3.12. The van der Waals surface area contributed by atoms with Gasteiger partial charge >= 0.3 is 6.09 Å². The summed E-state index contributed by atoms with van der Waals surface area (Å²) in [6.07, 6.45) is 9.76. The van der Waals surface area contributed by atoms with Gasteiger partial charge in [0.1, 0.15) is 6.61 Å². The van der Waals surface area contributed by atoms with Crippen LogP contribution in [0.2, 0.25) is 0 Å². The van der Waals surface area contributed by atoms with Gasteiger partial charge in [-0.3, -0.25) is 0 Å². The Labute approximate surface area is 187 Å². The van der Waals surface area contributed by atoms with Crippen molar-refractivity contribution < 1.29 is 9.53 Å². The summed E-state index contributed by atoms with van der Waals surface area (Å²) in [7, 11) is 0. The molecule has 4 nitrogen and oxygen atoms in total. The smallest absolute Gasteiger partial charge is 0.409 e. The lowest BCUT2D eigenvalue weighted by Gasteiger charge is -2.23. The first-order chi connectivity index (χ1) is 15.3. The Morgan fingerprint density at radius 2 is 1.39 bits per heavy atom. The molecule has 0 heterocycles. The largest absolute Gasteiger partial charge is 0.448 e. The van der Waals surface area contributed by atoms with E-state index in [0.29, 0.717) is 19.7 Å². The van der Waals surface area contributed by atoms with Gasteiger partial charge in [-0.1, -0.05) is 100 Å². The van der Waals surface area contributed by atoms with Crippen LogP contribution in [0.25, 0.3) is 11.1 Å². The summed E-state index contributed by atoms with van der Waals surface area (Å²) in [5.74, 6) is 0.0965. The Morgan fingerprint density at radius 3 is 1.97 bits per heavy atom. The minimum atomic E-state index is -0.241. The van der Waals surface area contributed by atoms with E-state index in [1.165, 1.54) is 60.8 Å². The molecule has 0 aromatic heterocycles. The molecule has 0 radical (unpaired) electrons. The number of hydrogen-bond donors (Lipinski definition) is 1. The van der Waals surface area contributed by atoms with E-state index < -0.39 is 0 Å². The van der Waals surface area contributed by atoms with Gasteiger partial charge in [-0.2, -0.15) is 0 Å². The fourth-order valence-electron chi connectivity index (χ4n) is 4.57. The first kappa shape index (κ1) is 23.3. The molecule has 3 rings (SSSR count). The SMILES string of the molecule is CCCCCCCCCCN(CCN)C(=O)OCC1c2ccccc2-c2ccccc21. The van der Waals surface area contributed by atoms with E-state index in [4.69, 9.17) is 10.5 Å². The van der Waals surface area contributed by atoms with Crippen LogP contribution in [0.4, 0.5) is 4.79 Å². The molecule has 0 aliphatic heterocycles. The van der Waals surface area contributed by atoms with Gasteiger partial charge in [0.15, 0.2) is 0 Å². The Kier molecular flexibility index (Phi) is 9.41. The predicted octanol–water partition coefficient (Wildman–Crippen LogP) is 6.34. The van der Waals surface area contributed by atoms with E-state index in [-0.39, 0.29) is 12.0 Å². The number of fused-ring (bicyclic) bond motifs is 3. The summed E-state index contributed by atoms with van der Waals surface area (Å²) in [4.78, 5) is 14.6. The number of nitrogens with zero attached hydrogens (tertiary/aromatic N) is 1. The number of nitrogens with two attached hydrogens (primary N) is 1. The van der Waals surface area contributed by atoms with E-state index in [1.54, 1.807) is 4.90 Å². The van der Waals surface area contributed by atoms with Crippen LogP contribution in [-0.4, -0.2) is 37.2 Å². The highest BCUT2D eigenvalue weighted by Gasteiger charge is 2.29. The highest BCUT2D eigenvalue weighted by Crippen LogP contribution is 2.44. The molecule has 0 spiro atoms. The van der Waals surface area contributed by atoms with Gasteiger partial charge in [-0.15, -0.1) is 0 Å². The fraction of sp³-hybridized carbons (Fsp3) is 0.519. The summed E-state index contributed by atoms with van der Waals surface area (Å²) < 4.78 is 5.81. The summed E-state index contributed by atoms with van der Waals surface area (Å²) in [5.41, 5.74) is 10.7. The summed E-state index contributed by atoms with van der Waals surface area (Å²) in [6.45, 7) is 4.35. The van der Waals surface area contributed by atoms with Crippen molar-refractivity contribution in [1.29, 1.82) is 0 Å². The van der Waals surface area contributed by atoms with Crippen molar-refractivity contribution in [1.82, 2.24) is 4.90 Å². The van der Waals surface area contributed by atoms with E-state index >= 15 is 0 Å². The molecule has 31 heavy (non-hydrogen) atoms. The van der Waals surface area contributed by atoms with Crippen molar-refractivity contribution in [2.24, 2.45) is 5.73 Å². The van der Waals surface area contributed by atoms with Crippen LogP contribution in [0.1, 0.15) is 75.3 Å². The van der Waals surface area contributed by atoms with Crippen LogP contribution >= 0.6 is 0 Å². The van der Waals surface area contributed by atoms with Crippen LogP contribution in [0, 0.1) is 0 Å². The standard InChI is InChI=1S/C27H38N2O2/c1-2-3-4-5-6-7-8-13-19-29(20-18-28)27(30)31-21-26-24-16-11-9-14-22(24)23-15-10-12-17-25(23)26/h9-12,14-17,26H,2-8,13,18-21,28H2,1H3. The van der Waals surface area contributed by atoms with Crippen molar-refractivity contribution in [2.45, 2.75) is 64.2 Å². The zero-order valence-corrected chi connectivity index (χ0v) is 19.0. The Morgan fingerprint density at radius 1 is 0.839 bits per heavy atom. The Bertz CT molecular complexity index is 775. The van der Waals surface area contributed by atoms with Gasteiger partial charge in [0.2, 0.25) is 0 Å². The van der Waals surface area contributed by atoms with Crippen molar-refractivity contribution in [3.05, 3.63) is 59.7 Å². The summed E-state index contributed by atoms with van der Waals surface area (Å²) in [5, 5.41) is 0. The maximum absolute atomic E-state index is 12.8. The zero-order valence-electron chi connectivity index (χ0n) is 19.0. The molecule has 1 aliphatic carbocycles. The van der Waals surface area contributed by atoms with Crippen LogP contribution in [-0.2, 0) is 4.74 Å². The molecule has 0 atom stereocenters. The van der Waals surface area contributed by atoms with E-state index in [9.17, 15) is 4.79 Å². The number of unbranched alkanes of at least 4 members (excludes halogenated alkanes) is 7. The molecule has 0 bridgehead atoms. The topological polar surface area (TPSA) is 55.6 Å². The number of carbonyl (C=O) groups is 1. The van der Waals surface area contributed by atoms with Crippen LogP contribution in [0.5, 0.6) is 0 Å². The third-order valence-corrected chi connectivity index (χ3v) is 6.27. The lowest BCUT2D eigenvalue weighted by molar-refractivity contribution is 0.0999. The van der Waals surface area contributed by atoms with Crippen molar-refractivity contribution in [2.75, 3.05) is 26.2 Å². The van der Waals surface area contributed by atoms with Crippen molar-refractivity contribution in [3.63, 3.8) is 0 Å². The normalized spacial score (nSPS) is 12.5. The third-order valence-electron chi connectivity index (χ3n) is 6.27. The number of amides is 1. The number of benzene rings is 2. The predicted molar refractivity (Wildman–Crippen MR) is 128 cm³/mol. The molecular formula is C27H38N2O2.